The number of hydrogen-bond donors (Lipinski definition) is 4. The Hall–Kier alpha value is -1.60. The van der Waals surface area contributed by atoms with Crippen molar-refractivity contribution < 1.29 is 9.84 Å². The van der Waals surface area contributed by atoms with Crippen molar-refractivity contribution in [2.75, 3.05) is 24.4 Å². The lowest BCUT2D eigenvalue weighted by atomic mass is 9.86. The smallest absolute Gasteiger partial charge is 0.205 e. The summed E-state index contributed by atoms with van der Waals surface area (Å²) in [7, 11) is 1.54. The molecule has 2 unspecified atom stereocenters. The zero-order chi connectivity index (χ0) is 13.7. The molecule has 7 nitrogen and oxygen atoms in total. The van der Waals surface area contributed by atoms with Crippen LogP contribution in [0.5, 0.6) is 5.75 Å². The number of rotatable bonds is 5. The first-order valence-electron chi connectivity index (χ1n) is 6.53. The number of hydrogen-bond acceptors (Lipinski definition) is 7. The molecule has 2 atom stereocenters. The van der Waals surface area contributed by atoms with Gasteiger partial charge in [-0.25, -0.2) is 15.8 Å². The number of nitrogens with two attached hydrogens (primary N) is 1. The van der Waals surface area contributed by atoms with Gasteiger partial charge in [-0.3, -0.25) is 0 Å². The molecule has 0 saturated heterocycles. The van der Waals surface area contributed by atoms with E-state index in [1.54, 1.807) is 7.11 Å². The summed E-state index contributed by atoms with van der Waals surface area (Å²) in [5.74, 6) is 7.12. The number of aromatic nitrogens is 2. The summed E-state index contributed by atoms with van der Waals surface area (Å²) >= 11 is 0. The van der Waals surface area contributed by atoms with E-state index in [-0.39, 0.29) is 12.0 Å². The Morgan fingerprint density at radius 1 is 1.37 bits per heavy atom. The van der Waals surface area contributed by atoms with Crippen LogP contribution in [0.3, 0.4) is 0 Å². The summed E-state index contributed by atoms with van der Waals surface area (Å²) in [6.45, 7) is 0.665. The van der Waals surface area contributed by atoms with Crippen LogP contribution >= 0.6 is 0 Å². The maximum Gasteiger partial charge on any atom is 0.205 e. The second kappa shape index (κ2) is 6.53. The van der Waals surface area contributed by atoms with Crippen molar-refractivity contribution in [1.29, 1.82) is 0 Å². The molecule has 0 spiro atoms. The first kappa shape index (κ1) is 13.8. The fourth-order valence-corrected chi connectivity index (χ4v) is 2.45. The van der Waals surface area contributed by atoms with Crippen LogP contribution in [0.4, 0.5) is 11.6 Å². The molecule has 1 aliphatic rings. The summed E-state index contributed by atoms with van der Waals surface area (Å²) in [5.41, 5.74) is 2.47. The topological polar surface area (TPSA) is 105 Å². The summed E-state index contributed by atoms with van der Waals surface area (Å²) in [6.07, 6.45) is 5.36. The Morgan fingerprint density at radius 2 is 2.11 bits per heavy atom. The van der Waals surface area contributed by atoms with Gasteiger partial charge in [0, 0.05) is 12.5 Å². The molecule has 0 bridgehead atoms. The van der Waals surface area contributed by atoms with E-state index in [1.807, 2.05) is 0 Å². The number of anilines is 2. The van der Waals surface area contributed by atoms with E-state index in [0.717, 1.165) is 19.3 Å². The molecule has 1 heterocycles. The fraction of sp³-hybridized carbons (Fsp3) is 0.667. The van der Waals surface area contributed by atoms with Crippen molar-refractivity contribution in [3.8, 4) is 5.75 Å². The minimum absolute atomic E-state index is 0.235. The molecule has 19 heavy (non-hydrogen) atoms. The number of aliphatic hydroxyl groups excluding tert-OH is 1. The first-order chi connectivity index (χ1) is 9.26. The molecule has 0 amide bonds. The number of hydrazine groups is 1. The van der Waals surface area contributed by atoms with Gasteiger partial charge >= 0.3 is 0 Å². The highest BCUT2D eigenvalue weighted by molar-refractivity contribution is 5.62. The van der Waals surface area contributed by atoms with Gasteiger partial charge in [-0.1, -0.05) is 12.8 Å². The van der Waals surface area contributed by atoms with Crippen molar-refractivity contribution in [3.05, 3.63) is 6.33 Å². The summed E-state index contributed by atoms with van der Waals surface area (Å²) < 4.78 is 5.24. The van der Waals surface area contributed by atoms with Gasteiger partial charge in [-0.2, -0.15) is 0 Å². The van der Waals surface area contributed by atoms with E-state index in [2.05, 4.69) is 20.7 Å². The molecule has 1 saturated carbocycles. The van der Waals surface area contributed by atoms with Crippen LogP contribution < -0.4 is 21.3 Å². The van der Waals surface area contributed by atoms with E-state index in [4.69, 9.17) is 10.6 Å². The Balaban J connectivity index is 2.02. The average Bonchev–Trinajstić information content (AvgIpc) is 2.45. The van der Waals surface area contributed by atoms with Gasteiger partial charge in [0.15, 0.2) is 11.6 Å². The zero-order valence-electron chi connectivity index (χ0n) is 11.1. The second-order valence-corrected chi connectivity index (χ2v) is 4.74. The molecule has 1 aromatic heterocycles. The lowest BCUT2D eigenvalue weighted by Crippen LogP contribution is -2.30. The monoisotopic (exact) mass is 267 g/mol. The molecule has 106 valence electrons. The van der Waals surface area contributed by atoms with Crippen molar-refractivity contribution in [3.63, 3.8) is 0 Å². The standard InChI is InChI=1S/C12H21N5O2/c1-19-10-11(15-7-16-12(10)17-13)14-6-8-4-2-3-5-9(8)18/h7-9,18H,2-6,13H2,1H3,(H2,14,15,16,17). The van der Waals surface area contributed by atoms with Crippen LogP contribution in [-0.4, -0.2) is 34.8 Å². The van der Waals surface area contributed by atoms with Crippen molar-refractivity contribution in [2.24, 2.45) is 11.8 Å². The Labute approximate surface area is 112 Å². The molecule has 2 rings (SSSR count). The summed E-state index contributed by atoms with van der Waals surface area (Å²) in [4.78, 5) is 8.12. The molecular weight excluding hydrogens is 246 g/mol. The normalized spacial score (nSPS) is 22.9. The minimum atomic E-state index is -0.235. The van der Waals surface area contributed by atoms with E-state index >= 15 is 0 Å². The number of ether oxygens (including phenoxy) is 1. The van der Waals surface area contributed by atoms with Crippen molar-refractivity contribution in [2.45, 2.75) is 31.8 Å². The van der Waals surface area contributed by atoms with Gasteiger partial charge < -0.3 is 20.6 Å². The number of nitrogens with zero attached hydrogens (tertiary/aromatic N) is 2. The number of nitrogens with one attached hydrogen (secondary N) is 2. The number of methoxy groups -OCH3 is 1. The predicted molar refractivity (Wildman–Crippen MR) is 72.8 cm³/mol. The fourth-order valence-electron chi connectivity index (χ4n) is 2.45. The van der Waals surface area contributed by atoms with Gasteiger partial charge in [0.1, 0.15) is 6.33 Å². The third-order valence-electron chi connectivity index (χ3n) is 3.55. The minimum Gasteiger partial charge on any atom is -0.490 e. The van der Waals surface area contributed by atoms with Crippen molar-refractivity contribution >= 4 is 11.6 Å². The molecule has 0 radical (unpaired) electrons. The van der Waals surface area contributed by atoms with Crippen LogP contribution in [0.2, 0.25) is 0 Å². The lowest BCUT2D eigenvalue weighted by Gasteiger charge is -2.28. The maximum atomic E-state index is 9.94. The predicted octanol–water partition coefficient (Wildman–Crippen LogP) is 0.734. The maximum absolute atomic E-state index is 9.94. The van der Waals surface area contributed by atoms with E-state index in [1.165, 1.54) is 12.7 Å². The van der Waals surface area contributed by atoms with Crippen LogP contribution in [0.25, 0.3) is 0 Å². The molecular formula is C12H21N5O2. The van der Waals surface area contributed by atoms with Gasteiger partial charge in [0.2, 0.25) is 5.75 Å². The SMILES string of the molecule is COc1c(NN)ncnc1NCC1CCCCC1O. The van der Waals surface area contributed by atoms with E-state index < -0.39 is 0 Å². The number of nitrogen functional groups attached to an aromatic ring is 1. The highest BCUT2D eigenvalue weighted by Gasteiger charge is 2.23. The molecule has 0 aromatic carbocycles. The highest BCUT2D eigenvalue weighted by Crippen LogP contribution is 2.30. The van der Waals surface area contributed by atoms with E-state index in [9.17, 15) is 5.11 Å². The zero-order valence-corrected chi connectivity index (χ0v) is 11.1. The van der Waals surface area contributed by atoms with Gasteiger partial charge in [0.25, 0.3) is 0 Å². The third kappa shape index (κ3) is 3.24. The molecule has 1 aromatic rings. The van der Waals surface area contributed by atoms with Crippen LogP contribution in [0.15, 0.2) is 6.33 Å². The molecule has 1 aliphatic carbocycles. The highest BCUT2D eigenvalue weighted by atomic mass is 16.5. The summed E-state index contributed by atoms with van der Waals surface area (Å²) in [5, 5.41) is 13.1. The number of aliphatic hydroxyl groups is 1. The van der Waals surface area contributed by atoms with E-state index in [0.29, 0.717) is 23.9 Å². The molecule has 0 aliphatic heterocycles. The third-order valence-corrected chi connectivity index (χ3v) is 3.55. The van der Waals surface area contributed by atoms with Crippen LogP contribution in [0, 0.1) is 5.92 Å². The lowest BCUT2D eigenvalue weighted by molar-refractivity contribution is 0.0762. The Morgan fingerprint density at radius 3 is 2.79 bits per heavy atom. The van der Waals surface area contributed by atoms with Crippen LogP contribution in [0.1, 0.15) is 25.7 Å². The second-order valence-electron chi connectivity index (χ2n) is 4.74. The largest absolute Gasteiger partial charge is 0.490 e. The van der Waals surface area contributed by atoms with Gasteiger partial charge in [-0.05, 0) is 12.8 Å². The Kier molecular flexibility index (Phi) is 4.75. The van der Waals surface area contributed by atoms with Gasteiger partial charge in [0.05, 0.1) is 13.2 Å². The molecule has 5 N–H and O–H groups in total. The first-order valence-corrected chi connectivity index (χ1v) is 6.53. The molecule has 1 fully saturated rings. The quantitative estimate of drug-likeness (QED) is 0.460. The van der Waals surface area contributed by atoms with Gasteiger partial charge in [-0.15, -0.1) is 0 Å². The molecule has 7 heteroatoms. The van der Waals surface area contributed by atoms with Crippen molar-refractivity contribution in [1.82, 2.24) is 9.97 Å². The Bertz CT molecular complexity index is 415. The average molecular weight is 267 g/mol. The summed E-state index contributed by atoms with van der Waals surface area (Å²) in [6, 6.07) is 0. The van der Waals surface area contributed by atoms with Crippen LogP contribution in [-0.2, 0) is 0 Å².